The Balaban J connectivity index is -0.000000604. The molecule has 0 aromatic heterocycles. The molecule has 0 fully saturated rings. The van der Waals surface area contributed by atoms with Crippen LogP contribution in [0.4, 0.5) is 61.5 Å². The van der Waals surface area contributed by atoms with Crippen LogP contribution in [0.3, 0.4) is 0 Å². The number of hydrogen-bond acceptors (Lipinski definition) is 9. The summed E-state index contributed by atoms with van der Waals surface area (Å²) in [6, 6.07) is 0. The SMILES string of the molecule is C=C(C(=O)OC(=O)C(=C)C(F)(F)F)C(F)(F)F.C=C(C(=O)OC(=O)C(=C)C(F)(F)F)C(F)(F)F.C=C(F)C(=O)OC(=O)C(=C)F. The van der Waals surface area contributed by atoms with Crippen LogP contribution in [0.1, 0.15) is 0 Å². The summed E-state index contributed by atoms with van der Waals surface area (Å²) in [5.41, 5.74) is -8.39. The molecule has 0 saturated carbocycles. The number of carbonyl (C=O) groups is 6. The van der Waals surface area contributed by atoms with Crippen LogP contribution in [0.25, 0.3) is 0 Å². The molecule has 0 saturated heterocycles. The summed E-state index contributed by atoms with van der Waals surface area (Å²) in [5.74, 6) is -15.4. The highest BCUT2D eigenvalue weighted by molar-refractivity contribution is 6.03. The van der Waals surface area contributed by atoms with Gasteiger partial charge in [0.1, 0.15) is 22.3 Å². The molecule has 0 amide bonds. The summed E-state index contributed by atoms with van der Waals surface area (Å²) < 4.78 is 176. The smallest absolute Gasteiger partial charge is 0.386 e. The minimum Gasteiger partial charge on any atom is -0.386 e. The normalized spacial score (nSPS) is 11.1. The van der Waals surface area contributed by atoms with E-state index in [1.54, 1.807) is 0 Å². The van der Waals surface area contributed by atoms with E-state index in [2.05, 4.69) is 53.7 Å². The van der Waals surface area contributed by atoms with E-state index in [-0.39, 0.29) is 0 Å². The third kappa shape index (κ3) is 17.6. The molecule has 252 valence electrons. The van der Waals surface area contributed by atoms with E-state index in [1.165, 1.54) is 0 Å². The first-order valence-electron chi connectivity index (χ1n) is 9.72. The molecule has 0 aromatic carbocycles. The van der Waals surface area contributed by atoms with Gasteiger partial charge in [-0.3, -0.25) is 0 Å². The molecular weight excluding hydrogens is 674 g/mol. The Morgan fingerprint density at radius 1 is 0.333 bits per heavy atom. The number of rotatable bonds is 6. The second-order valence-corrected chi connectivity index (χ2v) is 6.75. The van der Waals surface area contributed by atoms with Gasteiger partial charge in [0.05, 0.1) is 0 Å². The average Bonchev–Trinajstić information content (AvgIpc) is 2.84. The largest absolute Gasteiger partial charge is 0.422 e. The average molecular weight is 686 g/mol. The molecule has 0 unspecified atom stereocenters. The van der Waals surface area contributed by atoms with Gasteiger partial charge in [0, 0.05) is 0 Å². The summed E-state index contributed by atoms with van der Waals surface area (Å²) in [7, 11) is 0. The maximum Gasteiger partial charge on any atom is 0.422 e. The highest BCUT2D eigenvalue weighted by Gasteiger charge is 2.44. The molecule has 0 atom stereocenters. The van der Waals surface area contributed by atoms with E-state index in [0.717, 1.165) is 0 Å². The fourth-order valence-corrected chi connectivity index (χ4v) is 1.07. The Labute approximate surface area is 239 Å². The first kappa shape index (κ1) is 44.3. The quantitative estimate of drug-likeness (QED) is 0.115. The first-order valence-corrected chi connectivity index (χ1v) is 9.72. The van der Waals surface area contributed by atoms with Crippen LogP contribution in [-0.4, -0.2) is 60.5 Å². The zero-order chi connectivity index (χ0) is 37.0. The van der Waals surface area contributed by atoms with Gasteiger partial charge in [-0.05, 0) is 0 Å². The molecule has 9 nitrogen and oxygen atoms in total. The van der Waals surface area contributed by atoms with Crippen molar-refractivity contribution in [3.05, 3.63) is 73.4 Å². The van der Waals surface area contributed by atoms with Gasteiger partial charge >= 0.3 is 60.5 Å². The molecule has 0 bridgehead atoms. The number of alkyl halides is 12. The molecule has 0 rings (SSSR count). The zero-order valence-corrected chi connectivity index (χ0v) is 21.2. The van der Waals surface area contributed by atoms with Gasteiger partial charge in [0.25, 0.3) is 0 Å². The van der Waals surface area contributed by atoms with Crippen molar-refractivity contribution in [1.29, 1.82) is 0 Å². The van der Waals surface area contributed by atoms with Crippen molar-refractivity contribution in [2.75, 3.05) is 0 Å². The maximum atomic E-state index is 11.8. The molecule has 0 aliphatic carbocycles. The van der Waals surface area contributed by atoms with Gasteiger partial charge in [-0.1, -0.05) is 39.5 Å². The highest BCUT2D eigenvalue weighted by Crippen LogP contribution is 2.29. The molecule has 23 heteroatoms. The lowest BCUT2D eigenvalue weighted by Gasteiger charge is -2.10. The minimum absolute atomic E-state index is 1.47. The number of halogens is 14. The topological polar surface area (TPSA) is 130 Å². The fourth-order valence-electron chi connectivity index (χ4n) is 1.07. The Hall–Kier alpha value is -5.12. The molecular formula is C22H12F14O9. The predicted octanol–water partition coefficient (Wildman–Crippen LogP) is 5.61. The van der Waals surface area contributed by atoms with Crippen LogP contribution >= 0.6 is 0 Å². The Kier molecular flexibility index (Phi) is 16.4. The Morgan fingerprint density at radius 2 is 0.467 bits per heavy atom. The van der Waals surface area contributed by atoms with Crippen molar-refractivity contribution in [3.8, 4) is 0 Å². The van der Waals surface area contributed by atoms with Gasteiger partial charge in [0.2, 0.25) is 11.7 Å². The standard InChI is InChI=1S/2C8H4F6O3.C6H4F2O3/c2*1-3(7(9,10)11)5(15)17-6(16)4(2)8(12,13)14;1-3(7)5(9)11-6(10)4(2)8/h2*1-2H2;1-2H2. The Morgan fingerprint density at radius 3 is 0.578 bits per heavy atom. The second-order valence-electron chi connectivity index (χ2n) is 6.75. The monoisotopic (exact) mass is 686 g/mol. The molecule has 0 heterocycles. The number of ether oxygens (including phenoxy) is 3. The van der Waals surface area contributed by atoms with Crippen molar-refractivity contribution >= 4 is 35.8 Å². The van der Waals surface area contributed by atoms with Crippen LogP contribution in [0.2, 0.25) is 0 Å². The van der Waals surface area contributed by atoms with Crippen LogP contribution < -0.4 is 0 Å². The minimum atomic E-state index is -5.20. The Bertz CT molecular complexity index is 1120. The van der Waals surface area contributed by atoms with Crippen molar-refractivity contribution in [2.45, 2.75) is 24.7 Å². The van der Waals surface area contributed by atoms with Crippen molar-refractivity contribution < 1.29 is 104 Å². The maximum absolute atomic E-state index is 11.8. The molecule has 0 spiro atoms. The molecule has 45 heavy (non-hydrogen) atoms. The van der Waals surface area contributed by atoms with Crippen molar-refractivity contribution in [2.24, 2.45) is 0 Å². The predicted molar refractivity (Wildman–Crippen MR) is 115 cm³/mol. The van der Waals surface area contributed by atoms with E-state index in [9.17, 15) is 90.2 Å². The highest BCUT2D eigenvalue weighted by atomic mass is 19.4. The van der Waals surface area contributed by atoms with Crippen molar-refractivity contribution in [1.82, 2.24) is 0 Å². The van der Waals surface area contributed by atoms with E-state index in [0.29, 0.717) is 0 Å². The second kappa shape index (κ2) is 16.7. The number of esters is 6. The number of hydrogen-bond donors (Lipinski definition) is 0. The first-order chi connectivity index (χ1) is 19.7. The zero-order valence-electron chi connectivity index (χ0n) is 21.2. The molecule has 0 aliphatic rings. The van der Waals surface area contributed by atoms with Crippen molar-refractivity contribution in [3.63, 3.8) is 0 Å². The van der Waals surface area contributed by atoms with E-state index >= 15 is 0 Å². The van der Waals surface area contributed by atoms with E-state index in [1.807, 2.05) is 0 Å². The number of carbonyl (C=O) groups excluding carboxylic acids is 6. The van der Waals surface area contributed by atoms with Crippen LogP contribution in [0.15, 0.2) is 73.4 Å². The molecule has 0 aliphatic heterocycles. The van der Waals surface area contributed by atoms with Gasteiger partial charge in [-0.2, -0.15) is 61.5 Å². The summed E-state index contributed by atoms with van der Waals surface area (Å²) in [4.78, 5) is 62.5. The molecule has 0 N–H and O–H groups in total. The van der Waals surface area contributed by atoms with Crippen LogP contribution in [0, 0.1) is 0 Å². The van der Waals surface area contributed by atoms with Gasteiger partial charge in [-0.25, -0.2) is 28.8 Å². The summed E-state index contributed by atoms with van der Waals surface area (Å²) in [6.45, 7) is 14.0. The summed E-state index contributed by atoms with van der Waals surface area (Å²) in [6.07, 6.45) is -20.8. The summed E-state index contributed by atoms with van der Waals surface area (Å²) in [5, 5.41) is 0. The lowest BCUT2D eigenvalue weighted by Crippen LogP contribution is -2.27. The summed E-state index contributed by atoms with van der Waals surface area (Å²) >= 11 is 0. The molecule has 0 radical (unpaired) electrons. The molecule has 0 aromatic rings. The van der Waals surface area contributed by atoms with Gasteiger partial charge in [-0.15, -0.1) is 0 Å². The van der Waals surface area contributed by atoms with E-state index in [4.69, 9.17) is 0 Å². The fraction of sp³-hybridized carbons (Fsp3) is 0.182. The lowest BCUT2D eigenvalue weighted by molar-refractivity contribution is -0.167. The van der Waals surface area contributed by atoms with Crippen LogP contribution in [-0.2, 0) is 43.0 Å². The lowest BCUT2D eigenvalue weighted by atomic mass is 10.3. The van der Waals surface area contributed by atoms with Crippen LogP contribution in [0.5, 0.6) is 0 Å². The van der Waals surface area contributed by atoms with Gasteiger partial charge < -0.3 is 14.2 Å². The third-order valence-electron chi connectivity index (χ3n) is 3.35. The van der Waals surface area contributed by atoms with E-state index < -0.39 is 94.5 Å². The van der Waals surface area contributed by atoms with Gasteiger partial charge in [0.15, 0.2) is 0 Å². The third-order valence-corrected chi connectivity index (χ3v) is 3.35.